The maximum absolute atomic E-state index is 11.7. The van der Waals surface area contributed by atoms with Crippen molar-refractivity contribution in [2.24, 2.45) is 5.92 Å². The van der Waals surface area contributed by atoms with Gasteiger partial charge in [-0.25, -0.2) is 0 Å². The second kappa shape index (κ2) is 4.82. The van der Waals surface area contributed by atoms with Gasteiger partial charge < -0.3 is 15.2 Å². The van der Waals surface area contributed by atoms with Gasteiger partial charge in [0.1, 0.15) is 6.10 Å². The molecule has 0 aromatic heterocycles. The van der Waals surface area contributed by atoms with Crippen LogP contribution in [-0.2, 0) is 14.3 Å². The molecule has 3 atom stereocenters. The molecule has 1 heterocycles. The summed E-state index contributed by atoms with van der Waals surface area (Å²) in [6.45, 7) is 0.630. The third kappa shape index (κ3) is 2.35. The zero-order valence-electron chi connectivity index (χ0n) is 9.15. The lowest BCUT2D eigenvalue weighted by molar-refractivity contribution is -0.142. The summed E-state index contributed by atoms with van der Waals surface area (Å²) in [5.41, 5.74) is 0. The summed E-state index contributed by atoms with van der Waals surface area (Å²) in [5, 5.41) is 11.8. The van der Waals surface area contributed by atoms with Crippen LogP contribution in [0.1, 0.15) is 32.1 Å². The quantitative estimate of drug-likeness (QED) is 0.737. The van der Waals surface area contributed by atoms with Gasteiger partial charge in [-0.15, -0.1) is 0 Å². The van der Waals surface area contributed by atoms with Crippen LogP contribution in [0.4, 0.5) is 0 Å². The number of carbonyl (C=O) groups excluding carboxylic acids is 1. The summed E-state index contributed by atoms with van der Waals surface area (Å²) in [6, 6.07) is -0.214. The summed E-state index contributed by atoms with van der Waals surface area (Å²) < 4.78 is 5.26. The third-order valence-corrected chi connectivity index (χ3v) is 3.38. The van der Waals surface area contributed by atoms with Crippen molar-refractivity contribution in [2.75, 3.05) is 6.61 Å². The number of amides is 1. The van der Waals surface area contributed by atoms with Crippen LogP contribution in [0.15, 0.2) is 0 Å². The number of nitrogens with one attached hydrogen (secondary N) is 1. The van der Waals surface area contributed by atoms with E-state index >= 15 is 0 Å². The minimum Gasteiger partial charge on any atom is -0.481 e. The van der Waals surface area contributed by atoms with Crippen LogP contribution in [0.5, 0.6) is 0 Å². The van der Waals surface area contributed by atoms with Gasteiger partial charge in [0, 0.05) is 12.6 Å². The van der Waals surface area contributed by atoms with E-state index in [0.29, 0.717) is 13.0 Å². The van der Waals surface area contributed by atoms with Crippen molar-refractivity contribution in [2.45, 2.75) is 44.2 Å². The average Bonchev–Trinajstić information content (AvgIpc) is 2.86. The highest BCUT2D eigenvalue weighted by molar-refractivity contribution is 5.82. The molecule has 2 aliphatic rings. The Bertz CT molecular complexity index is 286. The minimum atomic E-state index is -0.810. The van der Waals surface area contributed by atoms with Gasteiger partial charge >= 0.3 is 5.97 Å². The molecule has 0 aromatic rings. The van der Waals surface area contributed by atoms with Crippen molar-refractivity contribution < 1.29 is 19.4 Å². The van der Waals surface area contributed by atoms with E-state index in [1.807, 2.05) is 0 Å². The number of hydrogen-bond acceptors (Lipinski definition) is 3. The molecular formula is C11H17NO4. The molecule has 2 N–H and O–H groups in total. The topological polar surface area (TPSA) is 75.6 Å². The summed E-state index contributed by atoms with van der Waals surface area (Å²) in [5.74, 6) is -1.38. The van der Waals surface area contributed by atoms with E-state index in [9.17, 15) is 9.59 Å². The number of rotatable bonds is 3. The summed E-state index contributed by atoms with van der Waals surface area (Å²) in [6.07, 6.45) is 3.57. The van der Waals surface area contributed by atoms with Crippen LogP contribution < -0.4 is 5.32 Å². The molecule has 16 heavy (non-hydrogen) atoms. The van der Waals surface area contributed by atoms with Crippen LogP contribution >= 0.6 is 0 Å². The Labute approximate surface area is 94.2 Å². The van der Waals surface area contributed by atoms with Crippen molar-refractivity contribution >= 4 is 11.9 Å². The largest absolute Gasteiger partial charge is 0.481 e. The lowest BCUT2D eigenvalue weighted by atomic mass is 10.0. The van der Waals surface area contributed by atoms with E-state index in [2.05, 4.69) is 5.32 Å². The molecule has 5 nitrogen and oxygen atoms in total. The molecule has 1 aliphatic heterocycles. The molecule has 1 aliphatic carbocycles. The zero-order chi connectivity index (χ0) is 11.5. The minimum absolute atomic E-state index is 0.143. The van der Waals surface area contributed by atoms with E-state index < -0.39 is 11.9 Å². The molecule has 2 unspecified atom stereocenters. The predicted molar refractivity (Wildman–Crippen MR) is 55.9 cm³/mol. The van der Waals surface area contributed by atoms with E-state index in [1.54, 1.807) is 0 Å². The van der Waals surface area contributed by atoms with Crippen LogP contribution in [0.25, 0.3) is 0 Å². The second-order valence-electron chi connectivity index (χ2n) is 4.49. The van der Waals surface area contributed by atoms with Gasteiger partial charge in [-0.2, -0.15) is 0 Å². The molecule has 2 rings (SSSR count). The molecule has 2 fully saturated rings. The lowest BCUT2D eigenvalue weighted by Crippen LogP contribution is -2.44. The van der Waals surface area contributed by atoms with Crippen LogP contribution in [-0.4, -0.2) is 35.7 Å². The molecule has 90 valence electrons. The van der Waals surface area contributed by atoms with Gasteiger partial charge in [-0.1, -0.05) is 6.42 Å². The summed E-state index contributed by atoms with van der Waals surface area (Å²) in [4.78, 5) is 22.7. The maximum Gasteiger partial charge on any atom is 0.308 e. The Kier molecular flexibility index (Phi) is 3.43. The molecule has 5 heteroatoms. The van der Waals surface area contributed by atoms with E-state index in [0.717, 1.165) is 25.7 Å². The zero-order valence-corrected chi connectivity index (χ0v) is 9.15. The highest BCUT2D eigenvalue weighted by atomic mass is 16.5. The standard InChI is InChI=1S/C11H17NO4/c13-10(9-5-2-6-16-9)12-8-4-1-3-7(8)11(14)15/h7-9H,1-6H2,(H,12,13)(H,14,15)/t7?,8?,9-/m1/s1. The monoisotopic (exact) mass is 227 g/mol. The van der Waals surface area contributed by atoms with Gasteiger partial charge in [-0.05, 0) is 25.7 Å². The van der Waals surface area contributed by atoms with Gasteiger partial charge in [0.05, 0.1) is 5.92 Å². The van der Waals surface area contributed by atoms with Gasteiger partial charge in [-0.3, -0.25) is 9.59 Å². The predicted octanol–water partition coefficient (Wildman–Crippen LogP) is 0.535. The summed E-state index contributed by atoms with van der Waals surface area (Å²) >= 11 is 0. The van der Waals surface area contributed by atoms with Crippen molar-refractivity contribution in [3.8, 4) is 0 Å². The van der Waals surface area contributed by atoms with Crippen molar-refractivity contribution in [1.82, 2.24) is 5.32 Å². The number of carboxylic acids is 1. The Hall–Kier alpha value is -1.10. The van der Waals surface area contributed by atoms with Crippen LogP contribution in [0.3, 0.4) is 0 Å². The fourth-order valence-electron chi connectivity index (χ4n) is 2.49. The first-order valence-electron chi connectivity index (χ1n) is 5.83. The highest BCUT2D eigenvalue weighted by Gasteiger charge is 2.35. The number of hydrogen-bond donors (Lipinski definition) is 2. The SMILES string of the molecule is O=C(O)C1CCCC1NC(=O)[C@H]1CCCO1. The van der Waals surface area contributed by atoms with E-state index in [1.165, 1.54) is 0 Å². The molecule has 0 radical (unpaired) electrons. The Morgan fingerprint density at radius 1 is 1.19 bits per heavy atom. The first-order chi connectivity index (χ1) is 7.68. The fraction of sp³-hybridized carbons (Fsp3) is 0.818. The normalized spacial score (nSPS) is 33.9. The van der Waals surface area contributed by atoms with Crippen molar-refractivity contribution in [3.05, 3.63) is 0 Å². The van der Waals surface area contributed by atoms with Gasteiger partial charge in [0.15, 0.2) is 0 Å². The Morgan fingerprint density at radius 2 is 2.00 bits per heavy atom. The smallest absolute Gasteiger partial charge is 0.308 e. The molecule has 0 aromatic carbocycles. The number of ether oxygens (including phenoxy) is 1. The van der Waals surface area contributed by atoms with E-state index in [-0.39, 0.29) is 18.1 Å². The van der Waals surface area contributed by atoms with Gasteiger partial charge in [0.25, 0.3) is 0 Å². The van der Waals surface area contributed by atoms with Crippen LogP contribution in [0.2, 0.25) is 0 Å². The molecule has 0 bridgehead atoms. The number of carbonyl (C=O) groups is 2. The molecular weight excluding hydrogens is 210 g/mol. The van der Waals surface area contributed by atoms with Crippen molar-refractivity contribution in [3.63, 3.8) is 0 Å². The van der Waals surface area contributed by atoms with Gasteiger partial charge in [0.2, 0.25) is 5.91 Å². The second-order valence-corrected chi connectivity index (χ2v) is 4.49. The number of carboxylic acid groups (broad SMARTS) is 1. The van der Waals surface area contributed by atoms with E-state index in [4.69, 9.17) is 9.84 Å². The maximum atomic E-state index is 11.7. The van der Waals surface area contributed by atoms with Crippen LogP contribution in [0, 0.1) is 5.92 Å². The summed E-state index contributed by atoms with van der Waals surface area (Å²) in [7, 11) is 0. The van der Waals surface area contributed by atoms with Crippen molar-refractivity contribution in [1.29, 1.82) is 0 Å². The first kappa shape index (κ1) is 11.4. The number of aliphatic carboxylic acids is 1. The first-order valence-corrected chi connectivity index (χ1v) is 5.83. The molecule has 1 amide bonds. The average molecular weight is 227 g/mol. The lowest BCUT2D eigenvalue weighted by Gasteiger charge is -2.19. The molecule has 1 saturated heterocycles. The fourth-order valence-corrected chi connectivity index (χ4v) is 2.49. The Morgan fingerprint density at radius 3 is 2.62 bits per heavy atom. The highest BCUT2D eigenvalue weighted by Crippen LogP contribution is 2.26. The Balaban J connectivity index is 1.88. The third-order valence-electron chi connectivity index (χ3n) is 3.38. The molecule has 0 spiro atoms. The molecule has 1 saturated carbocycles.